The second-order valence-electron chi connectivity index (χ2n) is 3.04. The van der Waals surface area contributed by atoms with E-state index in [9.17, 15) is 0 Å². The van der Waals surface area contributed by atoms with E-state index in [4.69, 9.17) is 8.76 Å². The van der Waals surface area contributed by atoms with Crippen LogP contribution in [0.4, 0.5) is 0 Å². The minimum atomic E-state index is -2.32. The molecule has 0 bridgehead atoms. The first-order chi connectivity index (χ1) is 7.10. The summed E-state index contributed by atoms with van der Waals surface area (Å²) >= 11 is -2.32. The molecule has 0 N–H and O–H groups in total. The van der Waals surface area contributed by atoms with Crippen LogP contribution in [-0.4, -0.2) is 20.4 Å². The fraction of sp³-hybridized carbons (Fsp3) is 0.667. The third-order valence-corrected chi connectivity index (χ3v) is 2.00. The van der Waals surface area contributed by atoms with Gasteiger partial charge in [-0.05, 0) is 6.42 Å². The highest BCUT2D eigenvalue weighted by atomic mass is 32.2. The van der Waals surface area contributed by atoms with Crippen LogP contribution in [0.25, 0.3) is 0 Å². The van der Waals surface area contributed by atoms with Crippen molar-refractivity contribution in [3.8, 4) is 0 Å². The molecular weight excluding hydrogens is 216 g/mol. The van der Waals surface area contributed by atoms with Crippen molar-refractivity contribution in [3.05, 3.63) is 18.7 Å². The Labute approximate surface area is 93.2 Å². The van der Waals surface area contributed by atoms with E-state index >= 15 is 0 Å². The normalized spacial score (nSPS) is 11.7. The molecule has 1 heterocycles. The fourth-order valence-corrected chi connectivity index (χ4v) is 0.975. The summed E-state index contributed by atoms with van der Waals surface area (Å²) < 4.78 is 26.2. The van der Waals surface area contributed by atoms with Crippen LogP contribution in [0.3, 0.4) is 0 Å². The van der Waals surface area contributed by atoms with Gasteiger partial charge in [-0.2, -0.15) is 0 Å². The highest BCUT2D eigenvalue weighted by Gasteiger charge is 1.96. The van der Waals surface area contributed by atoms with Crippen molar-refractivity contribution in [2.45, 2.75) is 26.3 Å². The van der Waals surface area contributed by atoms with Gasteiger partial charge in [0.2, 0.25) is 6.33 Å². The molecule has 0 fully saturated rings. The Balaban J connectivity index is 0.000000336. The zero-order chi connectivity index (χ0) is 11.7. The standard InChI is InChI=1S/C8H15N2.CH4O3S/c1-3-4-5-10-7-6-9(2)8-10;1-4-5(2)3/h6-8H,3-5H2,1-2H3;1H3,(H,2,3)/q+1;/p-1. The number of hydrogen-bond donors (Lipinski definition) is 0. The molecule has 0 aliphatic heterocycles. The Morgan fingerprint density at radius 2 is 2.20 bits per heavy atom. The smallest absolute Gasteiger partial charge is 0.243 e. The molecule has 88 valence electrons. The van der Waals surface area contributed by atoms with E-state index < -0.39 is 11.4 Å². The average molecular weight is 234 g/mol. The molecule has 6 heteroatoms. The lowest BCUT2D eigenvalue weighted by atomic mass is 10.3. The summed E-state index contributed by atoms with van der Waals surface area (Å²) in [5.74, 6) is 0. The van der Waals surface area contributed by atoms with Crippen molar-refractivity contribution in [1.82, 2.24) is 4.57 Å². The van der Waals surface area contributed by atoms with Gasteiger partial charge in [-0.25, -0.2) is 13.3 Å². The Kier molecular flexibility index (Phi) is 8.17. The number of unbranched alkanes of at least 4 members (excludes halogenated alkanes) is 1. The van der Waals surface area contributed by atoms with E-state index in [1.807, 2.05) is 7.05 Å². The van der Waals surface area contributed by atoms with Crippen LogP contribution in [0.5, 0.6) is 0 Å². The van der Waals surface area contributed by atoms with Crippen molar-refractivity contribution in [2.24, 2.45) is 7.05 Å². The monoisotopic (exact) mass is 234 g/mol. The third kappa shape index (κ3) is 8.29. The van der Waals surface area contributed by atoms with Gasteiger partial charge in [-0.1, -0.05) is 13.3 Å². The lowest BCUT2D eigenvalue weighted by Gasteiger charge is -1.94. The first-order valence-electron chi connectivity index (χ1n) is 4.74. The Morgan fingerprint density at radius 1 is 1.60 bits per heavy atom. The van der Waals surface area contributed by atoms with E-state index in [1.165, 1.54) is 12.8 Å². The lowest BCUT2D eigenvalue weighted by molar-refractivity contribution is -0.671. The summed E-state index contributed by atoms with van der Waals surface area (Å²) in [6, 6.07) is 0. The molecule has 1 rings (SSSR count). The number of aryl methyl sites for hydroxylation is 2. The second kappa shape index (κ2) is 8.58. The van der Waals surface area contributed by atoms with Crippen LogP contribution < -0.4 is 4.57 Å². The van der Waals surface area contributed by atoms with Crippen LogP contribution in [0.15, 0.2) is 18.7 Å². The summed E-state index contributed by atoms with van der Waals surface area (Å²) in [6.07, 6.45) is 8.82. The topological polar surface area (TPSA) is 58.2 Å². The van der Waals surface area contributed by atoms with E-state index in [2.05, 4.69) is 39.0 Å². The number of imidazole rings is 1. The van der Waals surface area contributed by atoms with Crippen molar-refractivity contribution in [2.75, 3.05) is 7.11 Å². The van der Waals surface area contributed by atoms with Crippen LogP contribution in [0.1, 0.15) is 19.8 Å². The van der Waals surface area contributed by atoms with E-state index in [0.717, 1.165) is 13.7 Å². The number of hydrogen-bond acceptors (Lipinski definition) is 3. The maximum atomic E-state index is 9.15. The highest BCUT2D eigenvalue weighted by Crippen LogP contribution is 1.91. The summed E-state index contributed by atoms with van der Waals surface area (Å²) in [5, 5.41) is 0. The van der Waals surface area contributed by atoms with Gasteiger partial charge in [0.05, 0.1) is 32.1 Å². The van der Waals surface area contributed by atoms with E-state index in [0.29, 0.717) is 0 Å². The van der Waals surface area contributed by atoms with Crippen molar-refractivity contribution < 1.29 is 17.5 Å². The zero-order valence-corrected chi connectivity index (χ0v) is 10.2. The van der Waals surface area contributed by atoms with Gasteiger partial charge < -0.3 is 8.74 Å². The molecule has 0 aliphatic carbocycles. The van der Waals surface area contributed by atoms with Gasteiger partial charge in [-0.3, -0.25) is 0 Å². The predicted molar refractivity (Wildman–Crippen MR) is 56.4 cm³/mol. The van der Waals surface area contributed by atoms with Crippen molar-refractivity contribution in [1.29, 1.82) is 0 Å². The third-order valence-electron chi connectivity index (χ3n) is 1.73. The Hall–Kier alpha value is -0.720. The molecule has 0 aliphatic rings. The van der Waals surface area contributed by atoms with Crippen molar-refractivity contribution >= 4 is 11.4 Å². The molecule has 5 nitrogen and oxygen atoms in total. The van der Waals surface area contributed by atoms with E-state index in [-0.39, 0.29) is 0 Å². The molecule has 1 unspecified atom stereocenters. The fourth-order valence-electron chi connectivity index (χ4n) is 0.975. The molecule has 15 heavy (non-hydrogen) atoms. The molecule has 0 amide bonds. The molecular formula is C9H18N2O3S. The second-order valence-corrected chi connectivity index (χ2v) is 3.78. The van der Waals surface area contributed by atoms with E-state index in [1.54, 1.807) is 0 Å². The van der Waals surface area contributed by atoms with Crippen molar-refractivity contribution in [3.63, 3.8) is 0 Å². The maximum absolute atomic E-state index is 9.15. The Bertz CT molecular complexity index is 289. The van der Waals surface area contributed by atoms with Crippen LogP contribution >= 0.6 is 0 Å². The predicted octanol–water partition coefficient (Wildman–Crippen LogP) is 0.540. The van der Waals surface area contributed by atoms with Gasteiger partial charge in [-0.15, -0.1) is 0 Å². The maximum Gasteiger partial charge on any atom is 0.243 e. The zero-order valence-electron chi connectivity index (χ0n) is 9.38. The number of rotatable bonds is 4. The molecule has 0 spiro atoms. The average Bonchev–Trinajstić information content (AvgIpc) is 2.62. The molecule has 1 atom stereocenters. The molecule has 0 saturated heterocycles. The van der Waals surface area contributed by atoms with Crippen LogP contribution in [0, 0.1) is 0 Å². The highest BCUT2D eigenvalue weighted by molar-refractivity contribution is 7.74. The van der Waals surface area contributed by atoms with Gasteiger partial charge in [0.25, 0.3) is 0 Å². The quantitative estimate of drug-likeness (QED) is 0.564. The molecule has 0 aromatic carbocycles. The SMILES string of the molecule is CCCCn1cc[n+](C)c1.COS(=O)[O-]. The molecule has 1 aromatic heterocycles. The summed E-state index contributed by atoms with van der Waals surface area (Å²) in [5.41, 5.74) is 0. The van der Waals surface area contributed by atoms with Gasteiger partial charge >= 0.3 is 0 Å². The lowest BCUT2D eigenvalue weighted by Crippen LogP contribution is -2.23. The summed E-state index contributed by atoms with van der Waals surface area (Å²) in [6.45, 7) is 3.36. The van der Waals surface area contributed by atoms with Crippen LogP contribution in [-0.2, 0) is 29.1 Å². The van der Waals surface area contributed by atoms with Gasteiger partial charge in [0.15, 0.2) is 0 Å². The molecule has 0 radical (unpaired) electrons. The minimum Gasteiger partial charge on any atom is -0.750 e. The first-order valence-corrected chi connectivity index (χ1v) is 5.74. The van der Waals surface area contributed by atoms with Crippen LogP contribution in [0.2, 0.25) is 0 Å². The largest absolute Gasteiger partial charge is 0.750 e. The minimum absolute atomic E-state index is 1.09. The van der Waals surface area contributed by atoms with Gasteiger partial charge in [0.1, 0.15) is 12.4 Å². The first kappa shape index (κ1) is 14.3. The molecule has 1 aromatic rings. The van der Waals surface area contributed by atoms with Gasteiger partial charge in [0, 0.05) is 0 Å². The number of nitrogens with zero attached hydrogens (tertiary/aromatic N) is 2. The number of aromatic nitrogens is 2. The Morgan fingerprint density at radius 3 is 2.53 bits per heavy atom. The molecule has 0 saturated carbocycles. The summed E-state index contributed by atoms with van der Waals surface area (Å²) in [7, 11) is 3.13. The summed E-state index contributed by atoms with van der Waals surface area (Å²) in [4.78, 5) is 0.